The molecule has 0 saturated heterocycles. The smallest absolute Gasteiger partial charge is 0.312 e. The maximum Gasteiger partial charge on any atom is 0.312 e. The SMILES string of the molecule is CC(=O)C12CC3CC(C1)CC([C@@H](O)OCCOCCOC(=O)[C@]14CC5CC(C[C@](C(C)=O)(C5)C1)C4)(C3)C2. The number of ketones is 2. The van der Waals surface area contributed by atoms with Gasteiger partial charge >= 0.3 is 5.97 Å². The van der Waals surface area contributed by atoms with Gasteiger partial charge in [0.2, 0.25) is 0 Å². The highest BCUT2D eigenvalue weighted by molar-refractivity contribution is 5.86. The zero-order valence-electron chi connectivity index (χ0n) is 22.6. The zero-order chi connectivity index (χ0) is 26.1. The van der Waals surface area contributed by atoms with E-state index in [0.29, 0.717) is 36.7 Å². The average molecular weight is 517 g/mol. The van der Waals surface area contributed by atoms with Gasteiger partial charge in [-0.3, -0.25) is 14.4 Å². The fourth-order valence-corrected chi connectivity index (χ4v) is 10.8. The second-order valence-electron chi connectivity index (χ2n) is 14.2. The molecule has 0 amide bonds. The van der Waals surface area contributed by atoms with E-state index in [4.69, 9.17) is 14.2 Å². The molecule has 0 spiro atoms. The number of aliphatic hydroxyl groups excluding tert-OH is 1. The summed E-state index contributed by atoms with van der Waals surface area (Å²) >= 11 is 0. The minimum atomic E-state index is -0.872. The van der Waals surface area contributed by atoms with E-state index >= 15 is 0 Å². The first kappa shape index (κ1) is 25.9. The van der Waals surface area contributed by atoms with E-state index in [1.165, 1.54) is 6.42 Å². The van der Waals surface area contributed by atoms with Gasteiger partial charge in [-0.05, 0) is 115 Å². The molecule has 0 aromatic rings. The molecule has 0 radical (unpaired) electrons. The third-order valence-electron chi connectivity index (χ3n) is 11.6. The van der Waals surface area contributed by atoms with Crippen LogP contribution in [0.1, 0.15) is 90.9 Å². The largest absolute Gasteiger partial charge is 0.463 e. The summed E-state index contributed by atoms with van der Waals surface area (Å²) in [5.74, 6) is 2.36. The molecule has 8 aliphatic rings. The number of Topliss-reactive ketones (excluding diaryl/α,β-unsaturated/α-hetero) is 2. The zero-order valence-corrected chi connectivity index (χ0v) is 22.6. The van der Waals surface area contributed by atoms with Crippen LogP contribution in [-0.2, 0) is 28.6 Å². The Kier molecular flexibility index (Phi) is 6.40. The quantitative estimate of drug-likeness (QED) is 0.249. The Labute approximate surface area is 220 Å². The highest BCUT2D eigenvalue weighted by atomic mass is 16.6. The second-order valence-corrected chi connectivity index (χ2v) is 14.2. The first-order chi connectivity index (χ1) is 17.6. The second kappa shape index (κ2) is 9.12. The predicted molar refractivity (Wildman–Crippen MR) is 134 cm³/mol. The van der Waals surface area contributed by atoms with Crippen LogP contribution in [0.4, 0.5) is 0 Å². The van der Waals surface area contributed by atoms with Crippen molar-refractivity contribution in [3.8, 4) is 0 Å². The summed E-state index contributed by atoms with van der Waals surface area (Å²) in [7, 11) is 0. The molecular weight excluding hydrogens is 472 g/mol. The Balaban J connectivity index is 0.935. The van der Waals surface area contributed by atoms with Crippen LogP contribution >= 0.6 is 0 Å². The van der Waals surface area contributed by atoms with Crippen LogP contribution in [-0.4, -0.2) is 55.4 Å². The van der Waals surface area contributed by atoms with Gasteiger partial charge in [-0.2, -0.15) is 0 Å². The lowest BCUT2D eigenvalue weighted by molar-refractivity contribution is -0.244. The summed E-state index contributed by atoms with van der Waals surface area (Å²) in [6.07, 6.45) is 10.3. The van der Waals surface area contributed by atoms with Gasteiger partial charge < -0.3 is 19.3 Å². The van der Waals surface area contributed by atoms with Crippen molar-refractivity contribution in [2.45, 2.75) is 97.2 Å². The molecular formula is C30H44O7. The van der Waals surface area contributed by atoms with Crippen molar-refractivity contribution in [1.29, 1.82) is 0 Å². The van der Waals surface area contributed by atoms with Crippen molar-refractivity contribution in [1.82, 2.24) is 0 Å². The third kappa shape index (κ3) is 4.31. The minimum Gasteiger partial charge on any atom is -0.463 e. The van der Waals surface area contributed by atoms with E-state index in [2.05, 4.69) is 0 Å². The first-order valence-electron chi connectivity index (χ1n) is 14.6. The van der Waals surface area contributed by atoms with Crippen LogP contribution in [0.25, 0.3) is 0 Å². The molecule has 7 nitrogen and oxygen atoms in total. The molecule has 1 N–H and O–H groups in total. The Bertz CT molecular complexity index is 928. The molecule has 0 aromatic carbocycles. The van der Waals surface area contributed by atoms with Gasteiger partial charge in [0.25, 0.3) is 0 Å². The topological polar surface area (TPSA) is 99.1 Å². The van der Waals surface area contributed by atoms with Crippen molar-refractivity contribution >= 4 is 17.5 Å². The van der Waals surface area contributed by atoms with Crippen molar-refractivity contribution in [3.05, 3.63) is 0 Å². The fourth-order valence-electron chi connectivity index (χ4n) is 10.8. The van der Waals surface area contributed by atoms with Gasteiger partial charge in [0.05, 0.1) is 25.2 Å². The van der Waals surface area contributed by atoms with Crippen molar-refractivity contribution < 1.29 is 33.7 Å². The lowest BCUT2D eigenvalue weighted by Gasteiger charge is -2.62. The molecule has 7 heteroatoms. The van der Waals surface area contributed by atoms with Gasteiger partial charge in [0.15, 0.2) is 6.29 Å². The monoisotopic (exact) mass is 516 g/mol. The molecule has 8 aliphatic carbocycles. The minimum absolute atomic E-state index is 0.149. The molecule has 0 heterocycles. The molecule has 206 valence electrons. The molecule has 8 rings (SSSR count). The van der Waals surface area contributed by atoms with E-state index in [1.54, 1.807) is 13.8 Å². The molecule has 4 unspecified atom stereocenters. The highest BCUT2D eigenvalue weighted by Gasteiger charge is 2.63. The number of carbonyl (C=O) groups excluding carboxylic acids is 3. The van der Waals surface area contributed by atoms with Gasteiger partial charge in [0, 0.05) is 16.2 Å². The van der Waals surface area contributed by atoms with Gasteiger partial charge in [-0.1, -0.05) is 0 Å². The number of rotatable bonds is 11. The summed E-state index contributed by atoms with van der Waals surface area (Å²) in [6, 6.07) is 0. The summed E-state index contributed by atoms with van der Waals surface area (Å²) in [4.78, 5) is 38.1. The lowest BCUT2D eigenvalue weighted by Crippen LogP contribution is -2.58. The molecule has 0 aromatic heterocycles. The van der Waals surface area contributed by atoms with Crippen molar-refractivity contribution in [2.24, 2.45) is 45.3 Å². The number of esters is 1. The number of aliphatic hydroxyl groups is 1. The van der Waals surface area contributed by atoms with Crippen molar-refractivity contribution in [3.63, 3.8) is 0 Å². The summed E-state index contributed by atoms with van der Waals surface area (Å²) in [5, 5.41) is 11.0. The maximum absolute atomic E-state index is 13.1. The van der Waals surface area contributed by atoms with Crippen LogP contribution in [0.15, 0.2) is 0 Å². The van der Waals surface area contributed by atoms with Crippen LogP contribution in [0.5, 0.6) is 0 Å². The van der Waals surface area contributed by atoms with Crippen LogP contribution in [0.3, 0.4) is 0 Å². The van der Waals surface area contributed by atoms with E-state index in [9.17, 15) is 19.5 Å². The fraction of sp³-hybridized carbons (Fsp3) is 0.900. The molecule has 0 aliphatic heterocycles. The predicted octanol–water partition coefficient (Wildman–Crippen LogP) is 4.23. The van der Waals surface area contributed by atoms with Crippen LogP contribution < -0.4 is 0 Å². The maximum atomic E-state index is 13.1. The molecule has 37 heavy (non-hydrogen) atoms. The Morgan fingerprint density at radius 2 is 1.19 bits per heavy atom. The number of hydrogen-bond acceptors (Lipinski definition) is 7. The Morgan fingerprint density at radius 1 is 0.703 bits per heavy atom. The summed E-state index contributed by atoms with van der Waals surface area (Å²) < 4.78 is 17.2. The van der Waals surface area contributed by atoms with Gasteiger partial charge in [-0.25, -0.2) is 0 Å². The van der Waals surface area contributed by atoms with Crippen LogP contribution in [0.2, 0.25) is 0 Å². The highest BCUT2D eigenvalue weighted by Crippen LogP contribution is 2.67. The van der Waals surface area contributed by atoms with Gasteiger partial charge in [0.1, 0.15) is 18.2 Å². The normalized spacial score (nSPS) is 45.7. The van der Waals surface area contributed by atoms with E-state index in [-0.39, 0.29) is 53.6 Å². The summed E-state index contributed by atoms with van der Waals surface area (Å²) in [5.41, 5.74) is -1.35. The first-order valence-corrected chi connectivity index (χ1v) is 14.6. The standard InChI is InChI=1S/C30H44O7/c1-19(31)27-9-21-7-22(10-27)14-29(13-21,17-27)25(33)36-5-3-35-4-6-37-26(34)30-15-23-8-24(16-30)12-28(11-23,18-30)20(2)32/h21-25,33H,3-18H2,1-2H3/t21?,22?,23?,24?,25-,27?,28-,29?,30+/m0/s1. The number of carbonyl (C=O) groups is 3. The molecule has 8 bridgehead atoms. The van der Waals surface area contributed by atoms with E-state index in [1.807, 2.05) is 0 Å². The third-order valence-corrected chi connectivity index (χ3v) is 11.6. The van der Waals surface area contributed by atoms with E-state index < -0.39 is 11.7 Å². The van der Waals surface area contributed by atoms with E-state index in [0.717, 1.165) is 64.2 Å². The number of ether oxygens (including phenoxy) is 3. The Morgan fingerprint density at radius 3 is 1.76 bits per heavy atom. The van der Waals surface area contributed by atoms with Crippen molar-refractivity contribution in [2.75, 3.05) is 26.4 Å². The van der Waals surface area contributed by atoms with Gasteiger partial charge in [-0.15, -0.1) is 0 Å². The molecule has 5 atom stereocenters. The number of hydrogen-bond donors (Lipinski definition) is 1. The molecule has 8 saturated carbocycles. The van der Waals surface area contributed by atoms with Crippen LogP contribution in [0, 0.1) is 45.3 Å². The summed E-state index contributed by atoms with van der Waals surface area (Å²) in [6.45, 7) is 4.49. The molecule has 8 fully saturated rings. The lowest BCUT2D eigenvalue weighted by atomic mass is 9.43. The Hall–Kier alpha value is -1.31. The average Bonchev–Trinajstić information content (AvgIpc) is 2.81.